The van der Waals surface area contributed by atoms with Crippen molar-refractivity contribution in [3.05, 3.63) is 22.4 Å². The van der Waals surface area contributed by atoms with Gasteiger partial charge in [-0.15, -0.1) is 11.3 Å². The normalized spacial score (nSPS) is 13.1. The smallest absolute Gasteiger partial charge is 0.0613 e. The molecule has 1 aromatic rings. The number of thiophene rings is 1. The van der Waals surface area contributed by atoms with Crippen LogP contribution in [0, 0.1) is 0 Å². The van der Waals surface area contributed by atoms with E-state index in [9.17, 15) is 0 Å². The molecule has 2 nitrogen and oxygen atoms in total. The number of hydrogen-bond donors (Lipinski definition) is 1. The Morgan fingerprint density at radius 3 is 3.08 bits per heavy atom. The Morgan fingerprint density at radius 2 is 2.46 bits per heavy atom. The number of methoxy groups -OCH3 is 1. The van der Waals surface area contributed by atoms with E-state index in [4.69, 9.17) is 4.74 Å². The summed E-state index contributed by atoms with van der Waals surface area (Å²) in [5.74, 6) is 0. The summed E-state index contributed by atoms with van der Waals surface area (Å²) >= 11 is 1.82. The van der Waals surface area contributed by atoms with Gasteiger partial charge in [-0.05, 0) is 24.8 Å². The van der Waals surface area contributed by atoms with Crippen LogP contribution in [0.2, 0.25) is 0 Å². The second kappa shape index (κ2) is 6.13. The number of ether oxygens (including phenoxy) is 1. The Hall–Kier alpha value is -0.380. The Morgan fingerprint density at radius 1 is 1.62 bits per heavy atom. The van der Waals surface area contributed by atoms with Crippen LogP contribution >= 0.6 is 11.3 Å². The van der Waals surface area contributed by atoms with E-state index in [1.165, 1.54) is 4.88 Å². The standard InChI is InChI=1S/C10H17NOS/c1-9(8-12-2)11-6-5-10-4-3-7-13-10/h3-4,7,9,11H,5-6,8H2,1-2H3/t9-/m0/s1. The van der Waals surface area contributed by atoms with Crippen molar-refractivity contribution in [2.24, 2.45) is 0 Å². The van der Waals surface area contributed by atoms with Crippen molar-refractivity contribution in [2.75, 3.05) is 20.3 Å². The molecule has 0 bridgehead atoms. The molecular weight excluding hydrogens is 182 g/mol. The Balaban J connectivity index is 2.07. The number of hydrogen-bond acceptors (Lipinski definition) is 3. The summed E-state index contributed by atoms with van der Waals surface area (Å²) in [7, 11) is 1.73. The summed E-state index contributed by atoms with van der Waals surface area (Å²) in [6, 6.07) is 4.72. The highest BCUT2D eigenvalue weighted by Crippen LogP contribution is 2.08. The second-order valence-electron chi connectivity index (χ2n) is 3.14. The molecule has 0 amide bonds. The van der Waals surface area contributed by atoms with E-state index in [0.29, 0.717) is 6.04 Å². The van der Waals surface area contributed by atoms with Gasteiger partial charge in [-0.1, -0.05) is 6.07 Å². The summed E-state index contributed by atoms with van der Waals surface area (Å²) in [5.41, 5.74) is 0. The van der Waals surface area contributed by atoms with E-state index in [-0.39, 0.29) is 0 Å². The molecule has 1 atom stereocenters. The molecule has 0 aliphatic heterocycles. The lowest BCUT2D eigenvalue weighted by atomic mass is 10.3. The molecule has 3 heteroatoms. The van der Waals surface area contributed by atoms with Gasteiger partial charge in [0.15, 0.2) is 0 Å². The van der Waals surface area contributed by atoms with Gasteiger partial charge in [0.05, 0.1) is 6.61 Å². The third-order valence-corrected chi connectivity index (χ3v) is 2.80. The van der Waals surface area contributed by atoms with E-state index in [2.05, 4.69) is 29.8 Å². The molecule has 0 radical (unpaired) electrons. The largest absolute Gasteiger partial charge is 0.383 e. The minimum Gasteiger partial charge on any atom is -0.383 e. The minimum atomic E-state index is 0.449. The molecule has 0 aliphatic carbocycles. The fourth-order valence-electron chi connectivity index (χ4n) is 1.21. The lowest BCUT2D eigenvalue weighted by molar-refractivity contribution is 0.172. The maximum Gasteiger partial charge on any atom is 0.0613 e. The van der Waals surface area contributed by atoms with Crippen molar-refractivity contribution in [2.45, 2.75) is 19.4 Å². The zero-order valence-corrected chi connectivity index (χ0v) is 9.06. The Labute approximate surface area is 83.9 Å². The Kier molecular flexibility index (Phi) is 5.05. The lowest BCUT2D eigenvalue weighted by Gasteiger charge is -2.11. The minimum absolute atomic E-state index is 0.449. The van der Waals surface area contributed by atoms with Crippen LogP contribution in [0.1, 0.15) is 11.8 Å². The van der Waals surface area contributed by atoms with Gasteiger partial charge in [0, 0.05) is 24.6 Å². The zero-order chi connectivity index (χ0) is 9.52. The summed E-state index contributed by atoms with van der Waals surface area (Å²) in [6.07, 6.45) is 1.12. The quantitative estimate of drug-likeness (QED) is 0.755. The molecule has 0 saturated carbocycles. The molecular formula is C10H17NOS. The first-order valence-electron chi connectivity index (χ1n) is 4.57. The highest BCUT2D eigenvalue weighted by atomic mass is 32.1. The molecule has 13 heavy (non-hydrogen) atoms. The van der Waals surface area contributed by atoms with Crippen molar-refractivity contribution >= 4 is 11.3 Å². The van der Waals surface area contributed by atoms with Gasteiger partial charge in [-0.2, -0.15) is 0 Å². The summed E-state index contributed by atoms with van der Waals surface area (Å²) in [4.78, 5) is 1.44. The molecule has 1 heterocycles. The van der Waals surface area contributed by atoms with E-state index < -0.39 is 0 Å². The SMILES string of the molecule is COC[C@H](C)NCCc1cccs1. The van der Waals surface area contributed by atoms with Crippen LogP contribution in [0.3, 0.4) is 0 Å². The molecule has 0 aliphatic rings. The van der Waals surface area contributed by atoms with E-state index in [1.807, 2.05) is 11.3 Å². The summed E-state index contributed by atoms with van der Waals surface area (Å²) in [5, 5.41) is 5.52. The molecule has 0 unspecified atom stereocenters. The molecule has 1 aromatic heterocycles. The molecule has 1 N–H and O–H groups in total. The first-order valence-corrected chi connectivity index (χ1v) is 5.45. The van der Waals surface area contributed by atoms with Crippen molar-refractivity contribution in [3.63, 3.8) is 0 Å². The van der Waals surface area contributed by atoms with Gasteiger partial charge < -0.3 is 10.1 Å². The van der Waals surface area contributed by atoms with Crippen LogP contribution in [0.15, 0.2) is 17.5 Å². The predicted octanol–water partition coefficient (Wildman–Crippen LogP) is 1.92. The van der Waals surface area contributed by atoms with Gasteiger partial charge in [-0.3, -0.25) is 0 Å². The predicted molar refractivity (Wildman–Crippen MR) is 57.4 cm³/mol. The maximum atomic E-state index is 5.03. The van der Waals surface area contributed by atoms with E-state index >= 15 is 0 Å². The highest BCUT2D eigenvalue weighted by molar-refractivity contribution is 7.09. The third-order valence-electron chi connectivity index (χ3n) is 1.86. The first-order chi connectivity index (χ1) is 6.33. The van der Waals surface area contributed by atoms with Gasteiger partial charge in [0.25, 0.3) is 0 Å². The summed E-state index contributed by atoms with van der Waals surface area (Å²) in [6.45, 7) is 3.95. The van der Waals surface area contributed by atoms with Gasteiger partial charge >= 0.3 is 0 Å². The number of rotatable bonds is 6. The topological polar surface area (TPSA) is 21.3 Å². The third kappa shape index (κ3) is 4.41. The van der Waals surface area contributed by atoms with Crippen molar-refractivity contribution < 1.29 is 4.74 Å². The maximum absolute atomic E-state index is 5.03. The molecule has 0 fully saturated rings. The van der Waals surface area contributed by atoms with Gasteiger partial charge in [-0.25, -0.2) is 0 Å². The van der Waals surface area contributed by atoms with Crippen molar-refractivity contribution in [1.29, 1.82) is 0 Å². The number of nitrogens with one attached hydrogen (secondary N) is 1. The highest BCUT2D eigenvalue weighted by Gasteiger charge is 1.99. The van der Waals surface area contributed by atoms with Gasteiger partial charge in [0.2, 0.25) is 0 Å². The van der Waals surface area contributed by atoms with Crippen LogP contribution in [-0.4, -0.2) is 26.3 Å². The first kappa shape index (κ1) is 10.7. The zero-order valence-electron chi connectivity index (χ0n) is 8.25. The van der Waals surface area contributed by atoms with Crippen molar-refractivity contribution in [3.8, 4) is 0 Å². The lowest BCUT2D eigenvalue weighted by Crippen LogP contribution is -2.31. The average Bonchev–Trinajstić information content (AvgIpc) is 2.57. The van der Waals surface area contributed by atoms with Crippen molar-refractivity contribution in [1.82, 2.24) is 5.32 Å². The van der Waals surface area contributed by atoms with E-state index in [0.717, 1.165) is 19.6 Å². The van der Waals surface area contributed by atoms with Crippen LogP contribution in [0.5, 0.6) is 0 Å². The Bertz CT molecular complexity index is 211. The molecule has 0 spiro atoms. The molecule has 74 valence electrons. The van der Waals surface area contributed by atoms with Crippen LogP contribution in [-0.2, 0) is 11.2 Å². The molecule has 0 aromatic carbocycles. The van der Waals surface area contributed by atoms with Crippen LogP contribution in [0.4, 0.5) is 0 Å². The van der Waals surface area contributed by atoms with E-state index in [1.54, 1.807) is 7.11 Å². The molecule has 0 saturated heterocycles. The van der Waals surface area contributed by atoms with Gasteiger partial charge in [0.1, 0.15) is 0 Å². The second-order valence-corrected chi connectivity index (χ2v) is 4.17. The van der Waals surface area contributed by atoms with Crippen LogP contribution < -0.4 is 5.32 Å². The summed E-state index contributed by atoms with van der Waals surface area (Å²) < 4.78 is 5.03. The van der Waals surface area contributed by atoms with Crippen LogP contribution in [0.25, 0.3) is 0 Å². The molecule has 1 rings (SSSR count). The monoisotopic (exact) mass is 199 g/mol. The fourth-order valence-corrected chi connectivity index (χ4v) is 1.91. The average molecular weight is 199 g/mol. The fraction of sp³-hybridized carbons (Fsp3) is 0.600.